The molecule has 0 amide bonds. The molecule has 14 heavy (non-hydrogen) atoms. The summed E-state index contributed by atoms with van der Waals surface area (Å²) >= 11 is 6.47. The van der Waals surface area contributed by atoms with Crippen LogP contribution in [-0.4, -0.2) is 18.3 Å². The summed E-state index contributed by atoms with van der Waals surface area (Å²) < 4.78 is 11.8. The van der Waals surface area contributed by atoms with Crippen molar-refractivity contribution in [1.82, 2.24) is 0 Å². The Morgan fingerprint density at radius 1 is 1.57 bits per heavy atom. The van der Waals surface area contributed by atoms with Gasteiger partial charge in [0.1, 0.15) is 11.9 Å². The minimum absolute atomic E-state index is 0.264. The Kier molecular flexibility index (Phi) is 5.15. The van der Waals surface area contributed by atoms with Gasteiger partial charge in [-0.3, -0.25) is 0 Å². The molecule has 3 nitrogen and oxygen atoms in total. The Bertz CT molecular complexity index is 266. The number of halogens is 2. The van der Waals surface area contributed by atoms with Crippen molar-refractivity contribution in [2.75, 3.05) is 13.2 Å². The fourth-order valence-corrected chi connectivity index (χ4v) is 1.56. The first kappa shape index (κ1) is 12.2. The lowest BCUT2D eigenvalue weighted by molar-refractivity contribution is 0.0249. The van der Waals surface area contributed by atoms with Crippen molar-refractivity contribution in [3.63, 3.8) is 0 Å². The number of ether oxygens (including phenoxy) is 1. The van der Waals surface area contributed by atoms with E-state index in [-0.39, 0.29) is 6.61 Å². The molecule has 1 rings (SSSR count). The molecule has 1 aromatic heterocycles. The summed E-state index contributed by atoms with van der Waals surface area (Å²) in [5.41, 5.74) is 0. The van der Waals surface area contributed by atoms with Crippen LogP contribution in [0.25, 0.3) is 0 Å². The van der Waals surface area contributed by atoms with E-state index >= 15 is 0 Å². The van der Waals surface area contributed by atoms with Gasteiger partial charge >= 0.3 is 0 Å². The predicted octanol–water partition coefficient (Wildman–Crippen LogP) is 3.26. The van der Waals surface area contributed by atoms with E-state index in [0.29, 0.717) is 17.0 Å². The van der Waals surface area contributed by atoms with Gasteiger partial charge in [-0.15, -0.1) is 0 Å². The minimum Gasteiger partial charge on any atom is -0.450 e. The number of furan rings is 1. The van der Waals surface area contributed by atoms with E-state index in [1.54, 1.807) is 6.07 Å². The molecule has 0 aliphatic heterocycles. The van der Waals surface area contributed by atoms with Gasteiger partial charge in [0.25, 0.3) is 0 Å². The highest BCUT2D eigenvalue weighted by atomic mass is 79.9. The summed E-state index contributed by atoms with van der Waals surface area (Å²) in [5.74, 6) is 0.500. The lowest BCUT2D eigenvalue weighted by Crippen LogP contribution is -2.06. The van der Waals surface area contributed by atoms with Crippen molar-refractivity contribution in [1.29, 1.82) is 0 Å². The second-order valence-corrected chi connectivity index (χ2v) is 4.44. The molecular formula is C9H12Br2O3. The average molecular weight is 328 g/mol. The minimum atomic E-state index is -0.704. The summed E-state index contributed by atoms with van der Waals surface area (Å²) in [7, 11) is 0. The van der Waals surface area contributed by atoms with Gasteiger partial charge in [0.05, 0.1) is 11.1 Å². The molecule has 0 radical (unpaired) electrons. The third kappa shape index (κ3) is 3.38. The predicted molar refractivity (Wildman–Crippen MR) is 60.2 cm³/mol. The summed E-state index contributed by atoms with van der Waals surface area (Å²) in [6.45, 7) is 2.94. The lowest BCUT2D eigenvalue weighted by atomic mass is 10.3. The summed E-state index contributed by atoms with van der Waals surface area (Å²) in [4.78, 5) is 0. The molecule has 1 atom stereocenters. The molecular weight excluding hydrogens is 316 g/mol. The molecule has 0 aromatic carbocycles. The average Bonchev–Trinajstić information content (AvgIpc) is 2.47. The van der Waals surface area contributed by atoms with Gasteiger partial charge in [-0.1, -0.05) is 6.92 Å². The van der Waals surface area contributed by atoms with Gasteiger partial charge in [-0.2, -0.15) is 0 Å². The van der Waals surface area contributed by atoms with E-state index in [9.17, 15) is 5.11 Å². The van der Waals surface area contributed by atoms with E-state index in [4.69, 9.17) is 9.15 Å². The van der Waals surface area contributed by atoms with Gasteiger partial charge in [-0.05, 0) is 44.3 Å². The maximum Gasteiger partial charge on any atom is 0.183 e. The van der Waals surface area contributed by atoms with Crippen molar-refractivity contribution in [2.24, 2.45) is 0 Å². The molecule has 1 aromatic rings. The standard InChI is InChI=1S/C9H12Br2O3/c1-2-3-13-5-7(12)8-4-6(10)9(11)14-8/h4,7,12H,2-3,5H2,1H3. The molecule has 0 saturated heterocycles. The van der Waals surface area contributed by atoms with Gasteiger partial charge in [0, 0.05) is 6.61 Å². The Morgan fingerprint density at radius 2 is 2.29 bits per heavy atom. The third-order valence-electron chi connectivity index (χ3n) is 1.62. The Balaban J connectivity index is 2.47. The molecule has 0 aliphatic carbocycles. The third-order valence-corrected chi connectivity index (χ3v) is 3.33. The first-order valence-corrected chi connectivity index (χ1v) is 5.94. The quantitative estimate of drug-likeness (QED) is 0.844. The normalized spacial score (nSPS) is 13.1. The van der Waals surface area contributed by atoms with Crippen molar-refractivity contribution < 1.29 is 14.3 Å². The summed E-state index contributed by atoms with van der Waals surface area (Å²) in [6.07, 6.45) is 0.238. The highest BCUT2D eigenvalue weighted by Crippen LogP contribution is 2.29. The summed E-state index contributed by atoms with van der Waals surface area (Å²) in [5, 5.41) is 9.62. The van der Waals surface area contributed by atoms with E-state index < -0.39 is 6.10 Å². The van der Waals surface area contributed by atoms with Crippen LogP contribution < -0.4 is 0 Å². The monoisotopic (exact) mass is 326 g/mol. The zero-order chi connectivity index (χ0) is 10.6. The van der Waals surface area contributed by atoms with Gasteiger partial charge in [0.15, 0.2) is 4.67 Å². The molecule has 80 valence electrons. The lowest BCUT2D eigenvalue weighted by Gasteiger charge is -2.07. The van der Waals surface area contributed by atoms with Crippen LogP contribution in [0.3, 0.4) is 0 Å². The highest BCUT2D eigenvalue weighted by molar-refractivity contribution is 9.13. The molecule has 5 heteroatoms. The number of hydrogen-bond acceptors (Lipinski definition) is 3. The van der Waals surface area contributed by atoms with Crippen molar-refractivity contribution in [2.45, 2.75) is 19.4 Å². The number of hydrogen-bond donors (Lipinski definition) is 1. The van der Waals surface area contributed by atoms with Crippen LogP contribution in [0.2, 0.25) is 0 Å². The van der Waals surface area contributed by atoms with Gasteiger partial charge in [-0.25, -0.2) is 0 Å². The second kappa shape index (κ2) is 5.90. The Hall–Kier alpha value is 0.160. The van der Waals surface area contributed by atoms with Crippen LogP contribution in [0.4, 0.5) is 0 Å². The molecule has 1 heterocycles. The Labute approximate surface area is 99.7 Å². The van der Waals surface area contributed by atoms with Crippen LogP contribution in [0.1, 0.15) is 25.2 Å². The van der Waals surface area contributed by atoms with E-state index in [1.807, 2.05) is 6.92 Å². The first-order chi connectivity index (χ1) is 6.65. The van der Waals surface area contributed by atoms with Gasteiger partial charge in [0.2, 0.25) is 0 Å². The van der Waals surface area contributed by atoms with Crippen LogP contribution in [0.5, 0.6) is 0 Å². The smallest absolute Gasteiger partial charge is 0.183 e. The van der Waals surface area contributed by atoms with Crippen LogP contribution in [-0.2, 0) is 4.74 Å². The Morgan fingerprint density at radius 3 is 2.79 bits per heavy atom. The maximum absolute atomic E-state index is 9.62. The number of aliphatic hydroxyl groups is 1. The zero-order valence-corrected chi connectivity index (χ0v) is 11.0. The topological polar surface area (TPSA) is 42.6 Å². The maximum atomic E-state index is 9.62. The van der Waals surface area contributed by atoms with Crippen LogP contribution in [0.15, 0.2) is 19.6 Å². The highest BCUT2D eigenvalue weighted by Gasteiger charge is 2.14. The molecule has 0 saturated carbocycles. The fourth-order valence-electron chi connectivity index (χ4n) is 0.949. The molecule has 0 spiro atoms. The molecule has 1 N–H and O–H groups in total. The van der Waals surface area contributed by atoms with Gasteiger partial charge < -0.3 is 14.3 Å². The van der Waals surface area contributed by atoms with Crippen molar-refractivity contribution in [3.8, 4) is 0 Å². The molecule has 0 aliphatic rings. The number of aliphatic hydroxyl groups excluding tert-OH is 1. The van der Waals surface area contributed by atoms with Crippen LogP contribution in [0, 0.1) is 0 Å². The molecule has 0 bridgehead atoms. The number of rotatable bonds is 5. The fraction of sp³-hybridized carbons (Fsp3) is 0.556. The molecule has 0 fully saturated rings. The SMILES string of the molecule is CCCOCC(O)c1cc(Br)c(Br)o1. The second-order valence-electron chi connectivity index (χ2n) is 2.86. The van der Waals surface area contributed by atoms with E-state index in [2.05, 4.69) is 31.9 Å². The largest absolute Gasteiger partial charge is 0.450 e. The van der Waals surface area contributed by atoms with E-state index in [0.717, 1.165) is 10.9 Å². The first-order valence-electron chi connectivity index (χ1n) is 4.35. The van der Waals surface area contributed by atoms with E-state index in [1.165, 1.54) is 0 Å². The molecule has 1 unspecified atom stereocenters. The van der Waals surface area contributed by atoms with Crippen molar-refractivity contribution in [3.05, 3.63) is 21.0 Å². The van der Waals surface area contributed by atoms with Crippen molar-refractivity contribution >= 4 is 31.9 Å². The summed E-state index contributed by atoms with van der Waals surface area (Å²) in [6, 6.07) is 1.73. The van der Waals surface area contributed by atoms with Crippen LogP contribution >= 0.6 is 31.9 Å². The zero-order valence-electron chi connectivity index (χ0n) is 7.80.